The van der Waals surface area contributed by atoms with E-state index in [1.807, 2.05) is 66.3 Å². The Hall–Kier alpha value is -3.80. The fourth-order valence-electron chi connectivity index (χ4n) is 3.47. The van der Waals surface area contributed by atoms with E-state index >= 15 is 0 Å². The standard InChI is InChI=1S/C25H23FN4O/c1-18(14-19-6-5-7-22(26)15-19)25(31)28-16-21-17-30(23-8-3-2-4-9-23)29-24(21)20-10-12-27-13-11-20/h2-13,15,17-18H,14,16H2,1H3,(H,28,31). The van der Waals surface area contributed by atoms with Crippen LogP contribution in [0.25, 0.3) is 16.9 Å². The topological polar surface area (TPSA) is 59.8 Å². The number of nitrogens with zero attached hydrogens (tertiary/aromatic N) is 3. The number of benzene rings is 2. The number of hydrogen-bond donors (Lipinski definition) is 1. The number of amides is 1. The normalized spacial score (nSPS) is 11.8. The van der Waals surface area contributed by atoms with Crippen LogP contribution in [0.4, 0.5) is 4.39 Å². The lowest BCUT2D eigenvalue weighted by Crippen LogP contribution is -2.30. The molecule has 1 N–H and O–H groups in total. The largest absolute Gasteiger partial charge is 0.352 e. The lowest BCUT2D eigenvalue weighted by molar-refractivity contribution is -0.124. The summed E-state index contributed by atoms with van der Waals surface area (Å²) in [6.45, 7) is 2.19. The Labute approximate surface area is 180 Å². The van der Waals surface area contributed by atoms with Crippen molar-refractivity contribution < 1.29 is 9.18 Å². The molecule has 2 heterocycles. The van der Waals surface area contributed by atoms with Crippen LogP contribution in [-0.2, 0) is 17.8 Å². The molecule has 0 saturated heterocycles. The maximum Gasteiger partial charge on any atom is 0.223 e. The molecular weight excluding hydrogens is 391 g/mol. The zero-order valence-electron chi connectivity index (χ0n) is 17.2. The van der Waals surface area contributed by atoms with Gasteiger partial charge in [-0.05, 0) is 48.4 Å². The van der Waals surface area contributed by atoms with E-state index in [1.165, 1.54) is 12.1 Å². The highest BCUT2D eigenvalue weighted by Crippen LogP contribution is 2.23. The Morgan fingerprint density at radius 1 is 1.06 bits per heavy atom. The molecule has 1 unspecified atom stereocenters. The molecule has 0 aliphatic rings. The van der Waals surface area contributed by atoms with Crippen molar-refractivity contribution in [3.8, 4) is 16.9 Å². The number of aromatic nitrogens is 3. The lowest BCUT2D eigenvalue weighted by atomic mass is 10.00. The van der Waals surface area contributed by atoms with Crippen molar-refractivity contribution in [2.75, 3.05) is 0 Å². The molecule has 4 aromatic rings. The molecular formula is C25H23FN4O. The molecule has 0 aliphatic carbocycles. The van der Waals surface area contributed by atoms with E-state index in [1.54, 1.807) is 18.5 Å². The van der Waals surface area contributed by atoms with E-state index in [-0.39, 0.29) is 17.6 Å². The van der Waals surface area contributed by atoms with Crippen molar-refractivity contribution in [3.63, 3.8) is 0 Å². The van der Waals surface area contributed by atoms with Gasteiger partial charge in [-0.25, -0.2) is 9.07 Å². The highest BCUT2D eigenvalue weighted by atomic mass is 19.1. The third-order valence-corrected chi connectivity index (χ3v) is 5.10. The molecule has 0 bridgehead atoms. The van der Waals surface area contributed by atoms with E-state index in [0.717, 1.165) is 28.1 Å². The molecule has 156 valence electrons. The third kappa shape index (κ3) is 5.04. The number of pyridine rings is 1. The van der Waals surface area contributed by atoms with Gasteiger partial charge in [0.25, 0.3) is 0 Å². The molecule has 0 aliphatic heterocycles. The number of halogens is 1. The SMILES string of the molecule is CC(Cc1cccc(F)c1)C(=O)NCc1cn(-c2ccccc2)nc1-c1ccncc1. The fraction of sp³-hybridized carbons (Fsp3) is 0.160. The maximum absolute atomic E-state index is 13.4. The van der Waals surface area contributed by atoms with Crippen LogP contribution in [0.3, 0.4) is 0 Å². The molecule has 6 heteroatoms. The minimum atomic E-state index is -0.291. The van der Waals surface area contributed by atoms with Crippen molar-refractivity contribution in [1.82, 2.24) is 20.1 Å². The van der Waals surface area contributed by atoms with Crippen LogP contribution in [0, 0.1) is 11.7 Å². The first kappa shape index (κ1) is 20.5. The Morgan fingerprint density at radius 3 is 2.58 bits per heavy atom. The summed E-state index contributed by atoms with van der Waals surface area (Å²) in [4.78, 5) is 16.8. The quantitative estimate of drug-likeness (QED) is 0.482. The van der Waals surface area contributed by atoms with Crippen molar-refractivity contribution in [1.29, 1.82) is 0 Å². The van der Waals surface area contributed by atoms with E-state index < -0.39 is 0 Å². The summed E-state index contributed by atoms with van der Waals surface area (Å²) in [5.74, 6) is -0.659. The van der Waals surface area contributed by atoms with Crippen LogP contribution in [0.15, 0.2) is 85.3 Å². The van der Waals surface area contributed by atoms with Gasteiger partial charge in [0.05, 0.1) is 11.4 Å². The zero-order valence-corrected chi connectivity index (χ0v) is 17.2. The first-order valence-corrected chi connectivity index (χ1v) is 10.2. The summed E-state index contributed by atoms with van der Waals surface area (Å²) in [6.07, 6.45) is 5.85. The second-order valence-electron chi connectivity index (χ2n) is 7.47. The number of carbonyl (C=O) groups excluding carboxylic acids is 1. The predicted molar refractivity (Wildman–Crippen MR) is 118 cm³/mol. The Morgan fingerprint density at radius 2 is 1.84 bits per heavy atom. The maximum atomic E-state index is 13.4. The average Bonchev–Trinajstić information content (AvgIpc) is 3.23. The highest BCUT2D eigenvalue weighted by molar-refractivity contribution is 5.79. The fourth-order valence-corrected chi connectivity index (χ4v) is 3.47. The van der Waals surface area contributed by atoms with Gasteiger partial charge in [0.1, 0.15) is 5.82 Å². The summed E-state index contributed by atoms with van der Waals surface area (Å²) in [5.41, 5.74) is 4.37. The molecule has 0 saturated carbocycles. The molecule has 0 spiro atoms. The average molecular weight is 414 g/mol. The summed E-state index contributed by atoms with van der Waals surface area (Å²) in [5, 5.41) is 7.75. The van der Waals surface area contributed by atoms with Gasteiger partial charge in [-0.15, -0.1) is 0 Å². The Balaban J connectivity index is 1.51. The number of para-hydroxylation sites is 1. The van der Waals surface area contributed by atoms with Gasteiger partial charge in [-0.1, -0.05) is 37.3 Å². The predicted octanol–water partition coefficient (Wildman–Crippen LogP) is 4.57. The number of hydrogen-bond acceptors (Lipinski definition) is 3. The second-order valence-corrected chi connectivity index (χ2v) is 7.47. The molecule has 1 atom stereocenters. The molecule has 31 heavy (non-hydrogen) atoms. The highest BCUT2D eigenvalue weighted by Gasteiger charge is 2.17. The summed E-state index contributed by atoms with van der Waals surface area (Å²) >= 11 is 0. The molecule has 4 rings (SSSR count). The molecule has 0 fully saturated rings. The van der Waals surface area contributed by atoms with E-state index in [0.29, 0.717) is 13.0 Å². The van der Waals surface area contributed by atoms with Gasteiger partial charge in [0.15, 0.2) is 0 Å². The van der Waals surface area contributed by atoms with Gasteiger partial charge in [0.2, 0.25) is 5.91 Å². The van der Waals surface area contributed by atoms with Gasteiger partial charge >= 0.3 is 0 Å². The molecule has 0 radical (unpaired) electrons. The smallest absolute Gasteiger partial charge is 0.223 e. The summed E-state index contributed by atoms with van der Waals surface area (Å²) in [6, 6.07) is 20.0. The van der Waals surface area contributed by atoms with Crippen LogP contribution in [-0.4, -0.2) is 20.7 Å². The number of nitrogens with one attached hydrogen (secondary N) is 1. The van der Waals surface area contributed by atoms with Crippen LogP contribution >= 0.6 is 0 Å². The lowest BCUT2D eigenvalue weighted by Gasteiger charge is -2.12. The monoisotopic (exact) mass is 414 g/mol. The molecule has 2 aromatic carbocycles. The van der Waals surface area contributed by atoms with Gasteiger partial charge in [0, 0.05) is 42.2 Å². The van der Waals surface area contributed by atoms with Crippen molar-refractivity contribution >= 4 is 5.91 Å². The van der Waals surface area contributed by atoms with Gasteiger partial charge in [-0.3, -0.25) is 9.78 Å². The van der Waals surface area contributed by atoms with E-state index in [9.17, 15) is 9.18 Å². The van der Waals surface area contributed by atoms with Crippen LogP contribution < -0.4 is 5.32 Å². The Kier molecular flexibility index (Phi) is 6.17. The van der Waals surface area contributed by atoms with Crippen LogP contribution in [0.1, 0.15) is 18.1 Å². The van der Waals surface area contributed by atoms with Gasteiger partial charge < -0.3 is 5.32 Å². The molecule has 2 aromatic heterocycles. The van der Waals surface area contributed by atoms with Crippen molar-refractivity contribution in [3.05, 3.63) is 102 Å². The summed E-state index contributed by atoms with van der Waals surface area (Å²) in [7, 11) is 0. The van der Waals surface area contributed by atoms with Crippen LogP contribution in [0.5, 0.6) is 0 Å². The minimum Gasteiger partial charge on any atom is -0.352 e. The Bertz CT molecular complexity index is 1160. The summed E-state index contributed by atoms with van der Waals surface area (Å²) < 4.78 is 15.2. The minimum absolute atomic E-state index is 0.0857. The molecule has 1 amide bonds. The van der Waals surface area contributed by atoms with Crippen molar-refractivity contribution in [2.24, 2.45) is 5.92 Å². The third-order valence-electron chi connectivity index (χ3n) is 5.10. The van der Waals surface area contributed by atoms with Crippen molar-refractivity contribution in [2.45, 2.75) is 19.9 Å². The molecule has 5 nitrogen and oxygen atoms in total. The number of carbonyl (C=O) groups is 1. The van der Waals surface area contributed by atoms with Crippen LogP contribution in [0.2, 0.25) is 0 Å². The van der Waals surface area contributed by atoms with E-state index in [4.69, 9.17) is 5.10 Å². The zero-order chi connectivity index (χ0) is 21.6. The number of rotatable bonds is 7. The van der Waals surface area contributed by atoms with E-state index in [2.05, 4.69) is 10.3 Å². The second kappa shape index (κ2) is 9.34. The first-order chi connectivity index (χ1) is 15.1. The van der Waals surface area contributed by atoms with Gasteiger partial charge in [-0.2, -0.15) is 5.10 Å². The first-order valence-electron chi connectivity index (χ1n) is 10.2.